The molecule has 0 bridgehead atoms. The van der Waals surface area contributed by atoms with Crippen LogP contribution in [0.1, 0.15) is 5.56 Å². The van der Waals surface area contributed by atoms with Crippen LogP contribution >= 0.6 is 11.8 Å². The summed E-state index contributed by atoms with van der Waals surface area (Å²) in [5.41, 5.74) is 2.00. The van der Waals surface area contributed by atoms with Crippen LogP contribution in [0.15, 0.2) is 17.1 Å². The van der Waals surface area contributed by atoms with Gasteiger partial charge in [-0.3, -0.25) is 15.4 Å². The van der Waals surface area contributed by atoms with Gasteiger partial charge in [-0.2, -0.15) is 5.26 Å². The van der Waals surface area contributed by atoms with E-state index in [0.717, 1.165) is 26.2 Å². The number of nitriles is 1. The Kier molecular flexibility index (Phi) is 6.00. The molecule has 24 heavy (non-hydrogen) atoms. The maximum absolute atomic E-state index is 11.4. The van der Waals surface area contributed by atoms with Crippen molar-refractivity contribution in [1.29, 1.82) is 5.26 Å². The van der Waals surface area contributed by atoms with Crippen molar-refractivity contribution in [3.05, 3.63) is 27.8 Å². The van der Waals surface area contributed by atoms with Crippen LogP contribution in [-0.4, -0.2) is 54.5 Å². The number of hydrogen-bond donors (Lipinski definition) is 1. The Balaban J connectivity index is 2.46. The first-order valence-electron chi connectivity index (χ1n) is 7.46. The lowest BCUT2D eigenvalue weighted by Crippen LogP contribution is -2.44. The topological polar surface area (TPSA) is 97.8 Å². The van der Waals surface area contributed by atoms with Gasteiger partial charge >= 0.3 is 0 Å². The number of nitro benzene ring substituents is 1. The van der Waals surface area contributed by atoms with Gasteiger partial charge in [-0.15, -0.1) is 0 Å². The van der Waals surface area contributed by atoms with Gasteiger partial charge in [-0.1, -0.05) is 11.8 Å². The number of nitrogens with zero attached hydrogens (tertiary/aromatic N) is 5. The highest BCUT2D eigenvalue weighted by Gasteiger charge is 2.24. The first-order chi connectivity index (χ1) is 11.5. The van der Waals surface area contributed by atoms with Gasteiger partial charge in [0.15, 0.2) is 11.4 Å². The monoisotopic (exact) mass is 348 g/mol. The molecule has 0 unspecified atom stereocenters. The van der Waals surface area contributed by atoms with Crippen molar-refractivity contribution in [3.8, 4) is 6.19 Å². The number of nitro groups is 1. The Morgan fingerprint density at radius 1 is 1.42 bits per heavy atom. The number of piperazine rings is 1. The molecule has 9 heteroatoms. The number of aryl methyl sites for hydroxylation is 1. The van der Waals surface area contributed by atoms with E-state index in [-0.39, 0.29) is 10.6 Å². The fourth-order valence-electron chi connectivity index (χ4n) is 2.52. The summed E-state index contributed by atoms with van der Waals surface area (Å²) >= 11 is 1.31. The molecule has 1 heterocycles. The zero-order valence-electron chi connectivity index (χ0n) is 13.9. The molecular weight excluding hydrogens is 328 g/mol. The van der Waals surface area contributed by atoms with Crippen LogP contribution in [0.5, 0.6) is 0 Å². The molecular formula is C15H20N6O2S. The van der Waals surface area contributed by atoms with E-state index in [0.29, 0.717) is 22.1 Å². The second-order valence-corrected chi connectivity index (χ2v) is 6.33. The Bertz CT molecular complexity index is 692. The maximum Gasteiger partial charge on any atom is 0.292 e. The van der Waals surface area contributed by atoms with Crippen LogP contribution in [0.2, 0.25) is 0 Å². The molecule has 1 aromatic rings. The van der Waals surface area contributed by atoms with Crippen molar-refractivity contribution in [1.82, 2.24) is 10.2 Å². The summed E-state index contributed by atoms with van der Waals surface area (Å²) in [4.78, 5) is 19.7. The first kappa shape index (κ1) is 18.0. The predicted octanol–water partition coefficient (Wildman–Crippen LogP) is 2.08. The summed E-state index contributed by atoms with van der Waals surface area (Å²) < 4.78 is 0. The molecule has 8 nitrogen and oxygen atoms in total. The van der Waals surface area contributed by atoms with Gasteiger partial charge in [-0.25, -0.2) is 4.99 Å². The van der Waals surface area contributed by atoms with E-state index in [1.807, 2.05) is 24.4 Å². The van der Waals surface area contributed by atoms with E-state index in [9.17, 15) is 10.1 Å². The lowest BCUT2D eigenvalue weighted by Gasteiger charge is -2.33. The summed E-state index contributed by atoms with van der Waals surface area (Å²) in [7, 11) is 2.04. The molecule has 1 fully saturated rings. The van der Waals surface area contributed by atoms with Crippen LogP contribution in [-0.2, 0) is 0 Å². The van der Waals surface area contributed by atoms with Gasteiger partial charge in [0, 0.05) is 32.2 Å². The number of benzene rings is 1. The number of rotatable bonds is 3. The molecule has 0 amide bonds. The number of hydrogen-bond acceptors (Lipinski definition) is 7. The quantitative estimate of drug-likeness (QED) is 0.223. The highest BCUT2D eigenvalue weighted by atomic mass is 32.2. The number of thioether (sulfide) groups is 1. The van der Waals surface area contributed by atoms with Crippen molar-refractivity contribution >= 4 is 34.0 Å². The van der Waals surface area contributed by atoms with Crippen molar-refractivity contribution in [2.45, 2.75) is 6.92 Å². The van der Waals surface area contributed by atoms with Gasteiger partial charge in [0.05, 0.1) is 10.6 Å². The number of amidine groups is 1. The molecule has 1 N–H and O–H groups in total. The smallest absolute Gasteiger partial charge is 0.292 e. The third-order valence-electron chi connectivity index (χ3n) is 3.91. The Hall–Kier alpha value is -2.31. The van der Waals surface area contributed by atoms with E-state index in [1.54, 1.807) is 19.1 Å². The van der Waals surface area contributed by atoms with Gasteiger partial charge in [0.1, 0.15) is 5.69 Å². The third-order valence-corrected chi connectivity index (χ3v) is 4.49. The normalized spacial score (nSPS) is 15.9. The zero-order chi connectivity index (χ0) is 17.7. The van der Waals surface area contributed by atoms with E-state index >= 15 is 0 Å². The van der Waals surface area contributed by atoms with Gasteiger partial charge < -0.3 is 9.80 Å². The highest BCUT2D eigenvalue weighted by Crippen LogP contribution is 2.36. The van der Waals surface area contributed by atoms with Gasteiger partial charge in [0.25, 0.3) is 5.69 Å². The number of nitrogens with one attached hydrogen (secondary N) is 1. The molecule has 1 aromatic carbocycles. The Labute approximate surface area is 145 Å². The van der Waals surface area contributed by atoms with Crippen molar-refractivity contribution in [2.75, 3.05) is 44.4 Å². The summed E-state index contributed by atoms with van der Waals surface area (Å²) in [6.07, 6.45) is 3.66. The fraction of sp³-hybridized carbons (Fsp3) is 0.467. The van der Waals surface area contributed by atoms with Crippen LogP contribution in [0, 0.1) is 28.5 Å². The molecule has 1 saturated heterocycles. The maximum atomic E-state index is 11.4. The summed E-state index contributed by atoms with van der Waals surface area (Å²) in [5.74, 6) is 0. The average Bonchev–Trinajstić information content (AvgIpc) is 2.56. The molecule has 1 aliphatic heterocycles. The molecule has 128 valence electrons. The summed E-state index contributed by atoms with van der Waals surface area (Å²) in [5, 5.41) is 23.2. The SMILES string of the molecule is CSC(=Nc1cc(N2CCN(C)CC2)c([N+](=O)[O-])cc1C)NC#N. The predicted molar refractivity (Wildman–Crippen MR) is 96.9 cm³/mol. The standard InChI is InChI=1S/C15H20N6O2S/c1-11-8-14(21(22)23)13(20-6-4-19(2)5-7-20)9-12(11)18-15(24-3)17-10-16/h8-9H,4-7H2,1-3H3,(H,17,18). The van der Waals surface area contributed by atoms with Crippen molar-refractivity contribution in [3.63, 3.8) is 0 Å². The minimum Gasteiger partial charge on any atom is -0.363 e. The second-order valence-electron chi connectivity index (χ2n) is 5.53. The van der Waals surface area contributed by atoms with Gasteiger partial charge in [-0.05, 0) is 31.9 Å². The van der Waals surface area contributed by atoms with Crippen LogP contribution in [0.4, 0.5) is 17.1 Å². The van der Waals surface area contributed by atoms with Crippen molar-refractivity contribution < 1.29 is 4.92 Å². The van der Waals surface area contributed by atoms with E-state index in [4.69, 9.17) is 5.26 Å². The molecule has 2 rings (SSSR count). The molecule has 0 radical (unpaired) electrons. The minimum atomic E-state index is -0.350. The second kappa shape index (κ2) is 7.99. The fourth-order valence-corrected chi connectivity index (χ4v) is 2.86. The lowest BCUT2D eigenvalue weighted by atomic mass is 10.1. The van der Waals surface area contributed by atoms with E-state index in [1.165, 1.54) is 11.8 Å². The van der Waals surface area contributed by atoms with Crippen LogP contribution < -0.4 is 10.2 Å². The number of likely N-dealkylation sites (N-methyl/N-ethyl adjacent to an activating group) is 1. The Morgan fingerprint density at radius 3 is 2.62 bits per heavy atom. The molecule has 0 aromatic heterocycles. The lowest BCUT2D eigenvalue weighted by molar-refractivity contribution is -0.384. The molecule has 1 aliphatic rings. The molecule has 0 aliphatic carbocycles. The third kappa shape index (κ3) is 4.15. The minimum absolute atomic E-state index is 0.0925. The van der Waals surface area contributed by atoms with Crippen molar-refractivity contribution in [2.24, 2.45) is 4.99 Å². The summed E-state index contributed by atoms with van der Waals surface area (Å²) in [6, 6.07) is 3.30. The number of anilines is 1. The van der Waals surface area contributed by atoms with Crippen LogP contribution in [0.25, 0.3) is 0 Å². The van der Waals surface area contributed by atoms with E-state index in [2.05, 4.69) is 15.2 Å². The number of aliphatic imine (C=N–C) groups is 1. The summed E-state index contributed by atoms with van der Waals surface area (Å²) in [6.45, 7) is 4.96. The molecule has 0 atom stereocenters. The van der Waals surface area contributed by atoms with E-state index < -0.39 is 0 Å². The average molecular weight is 348 g/mol. The van der Waals surface area contributed by atoms with Gasteiger partial charge in [0.2, 0.25) is 0 Å². The Morgan fingerprint density at radius 2 is 2.08 bits per heavy atom. The van der Waals surface area contributed by atoms with Crippen LogP contribution in [0.3, 0.4) is 0 Å². The molecule has 0 spiro atoms. The highest BCUT2D eigenvalue weighted by molar-refractivity contribution is 8.13. The zero-order valence-corrected chi connectivity index (χ0v) is 14.8. The molecule has 0 saturated carbocycles. The largest absolute Gasteiger partial charge is 0.363 e. The first-order valence-corrected chi connectivity index (χ1v) is 8.69.